The van der Waals surface area contributed by atoms with Crippen LogP contribution in [0.3, 0.4) is 0 Å². The molecule has 0 unspecified atom stereocenters. The van der Waals surface area contributed by atoms with Gasteiger partial charge >= 0.3 is 5.97 Å². The average molecular weight is 431 g/mol. The van der Waals surface area contributed by atoms with Gasteiger partial charge in [0.25, 0.3) is 5.91 Å². The van der Waals surface area contributed by atoms with E-state index in [1.807, 2.05) is 6.92 Å². The number of rotatable bonds is 5. The second-order valence-corrected chi connectivity index (χ2v) is 10.6. The molecule has 0 saturated carbocycles. The van der Waals surface area contributed by atoms with Crippen LogP contribution in [0.15, 0.2) is 15.6 Å². The lowest BCUT2D eigenvalue weighted by molar-refractivity contribution is -0.184. The zero-order valence-electron chi connectivity index (χ0n) is 15.8. The Labute approximate surface area is 170 Å². The molecular formula is C16H22N4O4S3. The second-order valence-electron chi connectivity index (χ2n) is 7.17. The summed E-state index contributed by atoms with van der Waals surface area (Å²) in [6.45, 7) is 7.26. The molecule has 0 aliphatic carbocycles. The average Bonchev–Trinajstić information content (AvgIpc) is 3.01. The summed E-state index contributed by atoms with van der Waals surface area (Å²) in [5.41, 5.74) is 5.07. The lowest BCUT2D eigenvalue weighted by Gasteiger charge is -2.54. The molecule has 1 fully saturated rings. The molecule has 0 spiro atoms. The fourth-order valence-electron chi connectivity index (χ4n) is 2.71. The summed E-state index contributed by atoms with van der Waals surface area (Å²) in [6.07, 6.45) is 0. The standard InChI is InChI=1S/C16H22N4O4S3/c1-8-18-19-14(27-8)26-7-9-6-25-13-16(17,23-5)12(22)20(13)10(9)11(21)24-15(2,3)4/h13H,6-7,17H2,1-5H3/t13-,16-/m0/s1. The number of aromatic nitrogens is 2. The number of amides is 1. The number of methoxy groups -OCH3 is 1. The Hall–Kier alpha value is -1.14. The number of hydrogen-bond donors (Lipinski definition) is 1. The van der Waals surface area contributed by atoms with E-state index >= 15 is 0 Å². The third-order valence-electron chi connectivity index (χ3n) is 3.95. The number of carbonyl (C=O) groups is 2. The largest absolute Gasteiger partial charge is 0.455 e. The number of nitrogens with zero attached hydrogens (tertiary/aromatic N) is 3. The van der Waals surface area contributed by atoms with E-state index in [9.17, 15) is 9.59 Å². The first-order valence-electron chi connectivity index (χ1n) is 8.24. The van der Waals surface area contributed by atoms with Crippen molar-refractivity contribution >= 4 is 46.7 Å². The van der Waals surface area contributed by atoms with E-state index in [4.69, 9.17) is 15.2 Å². The number of thioether (sulfide) groups is 2. The van der Waals surface area contributed by atoms with Gasteiger partial charge in [0.1, 0.15) is 21.7 Å². The Balaban J connectivity index is 1.89. The molecule has 0 aromatic carbocycles. The Morgan fingerprint density at radius 2 is 2.15 bits per heavy atom. The minimum Gasteiger partial charge on any atom is -0.455 e. The smallest absolute Gasteiger partial charge is 0.355 e. The van der Waals surface area contributed by atoms with Crippen molar-refractivity contribution in [2.24, 2.45) is 5.73 Å². The Morgan fingerprint density at radius 1 is 1.44 bits per heavy atom. The lowest BCUT2D eigenvalue weighted by atomic mass is 9.99. The monoisotopic (exact) mass is 430 g/mol. The number of β-lactam (4-membered cyclic amide) rings is 1. The van der Waals surface area contributed by atoms with Gasteiger partial charge in [0.15, 0.2) is 4.34 Å². The van der Waals surface area contributed by atoms with Crippen molar-refractivity contribution in [3.63, 3.8) is 0 Å². The molecule has 148 valence electrons. The summed E-state index contributed by atoms with van der Waals surface area (Å²) < 4.78 is 11.6. The maximum absolute atomic E-state index is 12.9. The molecule has 2 N–H and O–H groups in total. The van der Waals surface area contributed by atoms with Crippen LogP contribution >= 0.6 is 34.9 Å². The lowest BCUT2D eigenvalue weighted by Crippen LogP contribution is -2.78. The molecule has 3 heterocycles. The summed E-state index contributed by atoms with van der Waals surface area (Å²) in [7, 11) is 1.40. The van der Waals surface area contributed by atoms with Crippen molar-refractivity contribution in [1.82, 2.24) is 15.1 Å². The van der Waals surface area contributed by atoms with Crippen LogP contribution in [-0.4, -0.2) is 62.3 Å². The fraction of sp³-hybridized carbons (Fsp3) is 0.625. The Kier molecular flexibility index (Phi) is 5.61. The zero-order chi connectivity index (χ0) is 20.0. The predicted octanol–water partition coefficient (Wildman–Crippen LogP) is 1.75. The number of aryl methyl sites for hydroxylation is 1. The SMILES string of the molecule is CO[C@@]1(N)C(=O)N2C(C(=O)OC(C)(C)C)=C(CSc3nnc(C)s3)CS[C@H]21. The van der Waals surface area contributed by atoms with Crippen LogP contribution < -0.4 is 5.73 Å². The van der Waals surface area contributed by atoms with Crippen LogP contribution in [0, 0.1) is 6.92 Å². The molecule has 27 heavy (non-hydrogen) atoms. The van der Waals surface area contributed by atoms with Gasteiger partial charge in [0.05, 0.1) is 0 Å². The first kappa shape index (κ1) is 20.6. The van der Waals surface area contributed by atoms with Crippen LogP contribution in [0.5, 0.6) is 0 Å². The van der Waals surface area contributed by atoms with Crippen LogP contribution in [0.4, 0.5) is 0 Å². The molecular weight excluding hydrogens is 408 g/mol. The Bertz CT molecular complexity index is 804. The predicted molar refractivity (Wildman–Crippen MR) is 105 cm³/mol. The number of nitrogens with two attached hydrogens (primary N) is 1. The van der Waals surface area contributed by atoms with Crippen molar-refractivity contribution < 1.29 is 19.1 Å². The highest BCUT2D eigenvalue weighted by molar-refractivity contribution is 8.01. The van der Waals surface area contributed by atoms with Gasteiger partial charge in [-0.15, -0.1) is 22.0 Å². The van der Waals surface area contributed by atoms with Gasteiger partial charge in [-0.1, -0.05) is 23.1 Å². The number of fused-ring (bicyclic) bond motifs is 1. The van der Waals surface area contributed by atoms with E-state index in [0.29, 0.717) is 11.5 Å². The third kappa shape index (κ3) is 3.88. The summed E-state index contributed by atoms with van der Waals surface area (Å²) in [5, 5.41) is 8.52. The van der Waals surface area contributed by atoms with Gasteiger partial charge in [-0.3, -0.25) is 15.4 Å². The third-order valence-corrected chi connectivity index (χ3v) is 7.40. The highest BCUT2D eigenvalue weighted by Crippen LogP contribution is 2.46. The number of esters is 1. The normalized spacial score (nSPS) is 25.3. The summed E-state index contributed by atoms with van der Waals surface area (Å²) in [4.78, 5) is 26.9. The minimum absolute atomic E-state index is 0.269. The molecule has 2 aliphatic rings. The molecule has 11 heteroatoms. The Morgan fingerprint density at radius 3 is 2.70 bits per heavy atom. The summed E-state index contributed by atoms with van der Waals surface area (Å²) in [5.74, 6) is 0.105. The van der Waals surface area contributed by atoms with Gasteiger partial charge < -0.3 is 9.47 Å². The molecule has 2 atom stereocenters. The zero-order valence-corrected chi connectivity index (χ0v) is 18.2. The van der Waals surface area contributed by atoms with E-state index in [0.717, 1.165) is 14.9 Å². The molecule has 8 nitrogen and oxygen atoms in total. The van der Waals surface area contributed by atoms with Crippen LogP contribution in [0.2, 0.25) is 0 Å². The number of ether oxygens (including phenoxy) is 2. The van der Waals surface area contributed by atoms with E-state index in [1.165, 1.54) is 46.9 Å². The molecule has 1 amide bonds. The molecule has 2 aliphatic heterocycles. The molecule has 0 bridgehead atoms. The first-order valence-corrected chi connectivity index (χ1v) is 11.1. The van der Waals surface area contributed by atoms with E-state index in [-0.39, 0.29) is 5.70 Å². The number of carbonyl (C=O) groups excluding carboxylic acids is 2. The van der Waals surface area contributed by atoms with Crippen LogP contribution in [0.25, 0.3) is 0 Å². The van der Waals surface area contributed by atoms with Crippen molar-refractivity contribution in [2.75, 3.05) is 18.6 Å². The van der Waals surface area contributed by atoms with Crippen molar-refractivity contribution in [3.8, 4) is 0 Å². The van der Waals surface area contributed by atoms with Crippen molar-refractivity contribution in [3.05, 3.63) is 16.3 Å². The number of hydrogen-bond acceptors (Lipinski definition) is 10. The molecule has 1 aromatic rings. The van der Waals surface area contributed by atoms with E-state index in [1.54, 1.807) is 20.8 Å². The molecule has 3 rings (SSSR count). The summed E-state index contributed by atoms with van der Waals surface area (Å²) in [6, 6.07) is 0. The quantitative estimate of drug-likeness (QED) is 0.323. The highest BCUT2D eigenvalue weighted by atomic mass is 32.2. The first-order chi connectivity index (χ1) is 12.6. The molecule has 1 saturated heterocycles. The van der Waals surface area contributed by atoms with Crippen molar-refractivity contribution in [1.29, 1.82) is 0 Å². The molecule has 1 aromatic heterocycles. The fourth-order valence-corrected chi connectivity index (χ4v) is 6.06. The van der Waals surface area contributed by atoms with Crippen molar-refractivity contribution in [2.45, 2.75) is 48.7 Å². The van der Waals surface area contributed by atoms with Gasteiger partial charge in [0.2, 0.25) is 5.72 Å². The van der Waals surface area contributed by atoms with Gasteiger partial charge in [-0.05, 0) is 33.3 Å². The summed E-state index contributed by atoms with van der Waals surface area (Å²) >= 11 is 4.46. The minimum atomic E-state index is -1.41. The maximum Gasteiger partial charge on any atom is 0.355 e. The highest BCUT2D eigenvalue weighted by Gasteiger charge is 2.63. The van der Waals surface area contributed by atoms with Gasteiger partial charge in [-0.25, -0.2) is 4.79 Å². The molecule has 0 radical (unpaired) electrons. The maximum atomic E-state index is 12.9. The van der Waals surface area contributed by atoms with Crippen LogP contribution in [0.1, 0.15) is 25.8 Å². The van der Waals surface area contributed by atoms with E-state index < -0.39 is 28.6 Å². The van der Waals surface area contributed by atoms with Gasteiger partial charge in [0, 0.05) is 18.6 Å². The van der Waals surface area contributed by atoms with Crippen LogP contribution in [-0.2, 0) is 19.1 Å². The topological polar surface area (TPSA) is 108 Å². The van der Waals surface area contributed by atoms with E-state index in [2.05, 4.69) is 10.2 Å². The van der Waals surface area contributed by atoms with Gasteiger partial charge in [-0.2, -0.15) is 0 Å². The second kappa shape index (κ2) is 7.36.